The molecule has 3 heterocycles. The zero-order valence-corrected chi connectivity index (χ0v) is 16.9. The van der Waals surface area contributed by atoms with Crippen molar-refractivity contribution in [1.82, 2.24) is 10.2 Å². The summed E-state index contributed by atoms with van der Waals surface area (Å²) in [5, 5.41) is 23.1. The summed E-state index contributed by atoms with van der Waals surface area (Å²) in [5.41, 5.74) is 0.285. The number of rotatable bonds is 5. The number of anilines is 1. The number of aliphatic carboxylic acids is 1. The van der Waals surface area contributed by atoms with Crippen molar-refractivity contribution in [1.29, 1.82) is 0 Å². The number of aromatic carboxylic acids is 1. The molecule has 2 aliphatic rings. The Morgan fingerprint density at radius 1 is 1.23 bits per heavy atom. The van der Waals surface area contributed by atoms with Gasteiger partial charge in [-0.05, 0) is 18.4 Å². The first-order chi connectivity index (χ1) is 14.2. The van der Waals surface area contributed by atoms with Gasteiger partial charge >= 0.3 is 17.8 Å². The number of nitrogens with one attached hydrogen (secondary N) is 2. The average molecular weight is 439 g/mol. The first-order valence-corrected chi connectivity index (χ1v) is 10.1. The van der Waals surface area contributed by atoms with Crippen LogP contribution in [0.15, 0.2) is 0 Å². The summed E-state index contributed by atoms with van der Waals surface area (Å²) in [7, 11) is 0. The van der Waals surface area contributed by atoms with E-state index in [0.29, 0.717) is 23.4 Å². The van der Waals surface area contributed by atoms with Gasteiger partial charge in [0, 0.05) is 31.3 Å². The van der Waals surface area contributed by atoms with Crippen molar-refractivity contribution >= 4 is 46.0 Å². The third kappa shape index (κ3) is 4.44. The first kappa shape index (κ1) is 21.7. The number of likely N-dealkylation sites (tertiary alicyclic amines) is 1. The van der Waals surface area contributed by atoms with Crippen LogP contribution in [0.1, 0.15) is 40.6 Å². The molecule has 30 heavy (non-hydrogen) atoms. The van der Waals surface area contributed by atoms with E-state index in [1.54, 1.807) is 0 Å². The van der Waals surface area contributed by atoms with Crippen molar-refractivity contribution in [3.8, 4) is 0 Å². The van der Waals surface area contributed by atoms with Crippen LogP contribution in [-0.4, -0.2) is 70.0 Å². The van der Waals surface area contributed by atoms with E-state index in [2.05, 4.69) is 10.6 Å². The SMILES string of the molecule is CC(=O)N1CCCC1C(=O)NCC1Cc2c(sc(NC(=O)C(=O)O)c2C(=O)O)CO1. The molecule has 0 spiro atoms. The normalized spacial score (nSPS) is 20.4. The molecule has 0 bridgehead atoms. The van der Waals surface area contributed by atoms with Crippen LogP contribution in [0.3, 0.4) is 0 Å². The van der Waals surface area contributed by atoms with Crippen LogP contribution in [-0.2, 0) is 36.9 Å². The minimum Gasteiger partial charge on any atom is -0.478 e. The fourth-order valence-corrected chi connectivity index (χ4v) is 4.81. The molecule has 1 aromatic rings. The second-order valence-electron chi connectivity index (χ2n) is 7.03. The lowest BCUT2D eigenvalue weighted by molar-refractivity contribution is -0.147. The molecule has 162 valence electrons. The molecule has 0 saturated carbocycles. The summed E-state index contributed by atoms with van der Waals surface area (Å²) < 4.78 is 5.69. The van der Waals surface area contributed by atoms with Crippen LogP contribution in [0.4, 0.5) is 5.00 Å². The monoisotopic (exact) mass is 439 g/mol. The van der Waals surface area contributed by atoms with Crippen molar-refractivity contribution in [2.45, 2.75) is 44.9 Å². The molecule has 0 aliphatic carbocycles. The summed E-state index contributed by atoms with van der Waals surface area (Å²) in [4.78, 5) is 60.1. The van der Waals surface area contributed by atoms with Crippen molar-refractivity contribution in [3.05, 3.63) is 16.0 Å². The van der Waals surface area contributed by atoms with Crippen molar-refractivity contribution in [2.75, 3.05) is 18.4 Å². The first-order valence-electron chi connectivity index (χ1n) is 9.27. The Balaban J connectivity index is 1.68. The Labute approximate surface area is 175 Å². The summed E-state index contributed by atoms with van der Waals surface area (Å²) in [5.74, 6) is -4.78. The highest BCUT2D eigenvalue weighted by molar-refractivity contribution is 7.17. The number of thiophene rings is 1. The van der Waals surface area contributed by atoms with Gasteiger partial charge < -0.3 is 30.5 Å². The Morgan fingerprint density at radius 3 is 2.60 bits per heavy atom. The van der Waals surface area contributed by atoms with Crippen LogP contribution in [0.5, 0.6) is 0 Å². The quantitative estimate of drug-likeness (QED) is 0.467. The second-order valence-corrected chi connectivity index (χ2v) is 8.13. The Kier molecular flexibility index (Phi) is 6.37. The standard InChI is InChI=1S/C18H21N3O8S/c1-8(22)21-4-2-3-11(21)14(23)19-6-9-5-10-12(7-29-9)30-16(13(10)17(25)26)20-15(24)18(27)28/h9,11H,2-7H2,1H3,(H,19,23)(H,20,24)(H,25,26)(H,27,28). The minimum atomic E-state index is -1.72. The number of hydrogen-bond acceptors (Lipinski definition) is 7. The van der Waals surface area contributed by atoms with Crippen LogP contribution < -0.4 is 10.6 Å². The fraction of sp³-hybridized carbons (Fsp3) is 0.500. The molecule has 2 aliphatic heterocycles. The second kappa shape index (κ2) is 8.79. The lowest BCUT2D eigenvalue weighted by atomic mass is 10.0. The average Bonchev–Trinajstić information content (AvgIpc) is 3.30. The van der Waals surface area contributed by atoms with E-state index in [-0.39, 0.29) is 42.0 Å². The molecule has 12 heteroatoms. The highest BCUT2D eigenvalue weighted by atomic mass is 32.1. The largest absolute Gasteiger partial charge is 0.478 e. The van der Waals surface area contributed by atoms with Gasteiger partial charge in [0.25, 0.3) is 0 Å². The smallest absolute Gasteiger partial charge is 0.394 e. The van der Waals surface area contributed by atoms with Crippen molar-refractivity contribution < 1.29 is 38.9 Å². The van der Waals surface area contributed by atoms with Gasteiger partial charge in [-0.2, -0.15) is 0 Å². The van der Waals surface area contributed by atoms with Gasteiger partial charge in [-0.3, -0.25) is 14.4 Å². The maximum atomic E-state index is 12.5. The highest BCUT2D eigenvalue weighted by Gasteiger charge is 2.34. The van der Waals surface area contributed by atoms with Gasteiger partial charge in [-0.15, -0.1) is 11.3 Å². The summed E-state index contributed by atoms with van der Waals surface area (Å²) in [6.07, 6.45) is 1.02. The van der Waals surface area contributed by atoms with Crippen LogP contribution in [0.25, 0.3) is 0 Å². The molecule has 1 fully saturated rings. The minimum absolute atomic E-state index is 0.0590. The van der Waals surface area contributed by atoms with Gasteiger partial charge in [-0.1, -0.05) is 0 Å². The van der Waals surface area contributed by atoms with Crippen LogP contribution >= 0.6 is 11.3 Å². The molecule has 2 unspecified atom stereocenters. The molecule has 3 rings (SSSR count). The van der Waals surface area contributed by atoms with E-state index >= 15 is 0 Å². The van der Waals surface area contributed by atoms with Crippen molar-refractivity contribution in [2.24, 2.45) is 0 Å². The molecule has 2 atom stereocenters. The van der Waals surface area contributed by atoms with E-state index in [1.807, 2.05) is 0 Å². The number of ether oxygens (including phenoxy) is 1. The van der Waals surface area contributed by atoms with Gasteiger partial charge in [0.1, 0.15) is 11.0 Å². The molecule has 1 aromatic heterocycles. The fourth-order valence-electron chi connectivity index (χ4n) is 3.68. The Morgan fingerprint density at radius 2 is 1.97 bits per heavy atom. The lowest BCUT2D eigenvalue weighted by Crippen LogP contribution is -2.47. The maximum absolute atomic E-state index is 12.5. The number of carbonyl (C=O) groups excluding carboxylic acids is 3. The molecule has 1 saturated heterocycles. The zero-order valence-electron chi connectivity index (χ0n) is 16.1. The van der Waals surface area contributed by atoms with Crippen molar-refractivity contribution in [3.63, 3.8) is 0 Å². The summed E-state index contributed by atoms with van der Waals surface area (Å²) in [6.45, 7) is 2.17. The van der Waals surface area contributed by atoms with E-state index in [4.69, 9.17) is 9.84 Å². The van der Waals surface area contributed by atoms with Crippen LogP contribution in [0.2, 0.25) is 0 Å². The summed E-state index contributed by atoms with van der Waals surface area (Å²) in [6, 6.07) is -0.518. The number of carboxylic acids is 2. The lowest BCUT2D eigenvalue weighted by Gasteiger charge is -2.26. The van der Waals surface area contributed by atoms with E-state index in [0.717, 1.165) is 17.8 Å². The molecule has 4 N–H and O–H groups in total. The third-order valence-corrected chi connectivity index (χ3v) is 6.19. The molecule has 0 radical (unpaired) electrons. The predicted molar refractivity (Wildman–Crippen MR) is 103 cm³/mol. The third-order valence-electron chi connectivity index (χ3n) is 5.07. The summed E-state index contributed by atoms with van der Waals surface area (Å²) >= 11 is 0.954. The number of fused-ring (bicyclic) bond motifs is 1. The number of nitrogens with zero attached hydrogens (tertiary/aromatic N) is 1. The predicted octanol–water partition coefficient (Wildman–Crippen LogP) is 0.0378. The van der Waals surface area contributed by atoms with Crippen LogP contribution in [0, 0.1) is 0 Å². The van der Waals surface area contributed by atoms with Gasteiger partial charge in [0.2, 0.25) is 11.8 Å². The maximum Gasteiger partial charge on any atom is 0.394 e. The number of amides is 3. The van der Waals surface area contributed by atoms with Gasteiger partial charge in [-0.25, -0.2) is 9.59 Å². The topological polar surface area (TPSA) is 162 Å². The molecule has 11 nitrogen and oxygen atoms in total. The van der Waals surface area contributed by atoms with Gasteiger partial charge in [0.05, 0.1) is 18.3 Å². The molecular weight excluding hydrogens is 418 g/mol. The number of carboxylic acid groups (broad SMARTS) is 2. The number of carbonyl (C=O) groups is 5. The van der Waals surface area contributed by atoms with E-state index < -0.39 is 30.0 Å². The Hall–Kier alpha value is -2.99. The van der Waals surface area contributed by atoms with E-state index in [1.165, 1.54) is 11.8 Å². The highest BCUT2D eigenvalue weighted by Crippen LogP contribution is 2.37. The molecule has 0 aromatic carbocycles. The molecule has 3 amide bonds. The number of hydrogen-bond donors (Lipinski definition) is 4. The Bertz CT molecular complexity index is 911. The van der Waals surface area contributed by atoms with E-state index in [9.17, 15) is 29.1 Å². The zero-order chi connectivity index (χ0) is 22.0. The molecular formula is C18H21N3O8S. The van der Waals surface area contributed by atoms with Gasteiger partial charge in [0.15, 0.2) is 0 Å².